The smallest absolute Gasteiger partial charge is 0.315 e. The van der Waals surface area contributed by atoms with Gasteiger partial charge in [-0.2, -0.15) is 0 Å². The Morgan fingerprint density at radius 1 is 1.21 bits per heavy atom. The van der Waals surface area contributed by atoms with Crippen molar-refractivity contribution in [2.24, 2.45) is 11.8 Å². The van der Waals surface area contributed by atoms with Gasteiger partial charge in [0.25, 0.3) is 5.92 Å². The molecule has 0 amide bonds. The highest BCUT2D eigenvalue weighted by atomic mass is 35.5. The number of halogens is 4. The zero-order valence-corrected chi connectivity index (χ0v) is 11.1. The number of esters is 1. The van der Waals surface area contributed by atoms with Crippen molar-refractivity contribution in [3.8, 4) is 0 Å². The lowest BCUT2D eigenvalue weighted by molar-refractivity contribution is -0.144. The van der Waals surface area contributed by atoms with Crippen LogP contribution < -0.4 is 0 Å². The minimum atomic E-state index is -3.38. The minimum absolute atomic E-state index is 0.00882. The van der Waals surface area contributed by atoms with Gasteiger partial charge >= 0.3 is 5.97 Å². The maximum atomic E-state index is 13.4. The highest BCUT2D eigenvalue weighted by Crippen LogP contribution is 2.57. The van der Waals surface area contributed by atoms with E-state index in [2.05, 4.69) is 4.74 Å². The van der Waals surface area contributed by atoms with Crippen LogP contribution >= 0.6 is 23.2 Å². The molecule has 1 aliphatic rings. The maximum Gasteiger partial charge on any atom is 0.315 e. The molecule has 1 aliphatic carbocycles. The summed E-state index contributed by atoms with van der Waals surface area (Å²) in [5.41, 5.74) is -0.00882. The summed E-state index contributed by atoms with van der Waals surface area (Å²) in [6.45, 7) is 0. The Labute approximate surface area is 117 Å². The second-order valence-corrected chi connectivity index (χ2v) is 4.96. The summed E-state index contributed by atoms with van der Waals surface area (Å²) in [5, 5.41) is 0.302. The van der Waals surface area contributed by atoms with Gasteiger partial charge in [0, 0.05) is 5.56 Å². The third-order valence-electron chi connectivity index (χ3n) is 3.00. The number of hydrogen-bond donors (Lipinski definition) is 0. The molecule has 0 heterocycles. The highest BCUT2D eigenvalue weighted by Gasteiger charge is 2.75. The quantitative estimate of drug-likeness (QED) is 0.636. The molecule has 0 radical (unpaired) electrons. The number of carbonyl (C=O) groups excluding carboxylic acids is 2. The van der Waals surface area contributed by atoms with Gasteiger partial charge < -0.3 is 4.74 Å². The van der Waals surface area contributed by atoms with Crippen LogP contribution in [0.25, 0.3) is 0 Å². The van der Waals surface area contributed by atoms with Crippen molar-refractivity contribution in [1.82, 2.24) is 0 Å². The van der Waals surface area contributed by atoms with Crippen molar-refractivity contribution < 1.29 is 23.1 Å². The molecule has 7 heteroatoms. The number of benzene rings is 1. The first-order chi connectivity index (χ1) is 8.80. The lowest BCUT2D eigenvalue weighted by Gasteiger charge is -2.01. The lowest BCUT2D eigenvalue weighted by atomic mass is 10.1. The molecule has 1 fully saturated rings. The van der Waals surface area contributed by atoms with Crippen LogP contribution in [0.2, 0.25) is 10.0 Å². The highest BCUT2D eigenvalue weighted by molar-refractivity contribution is 6.42. The van der Waals surface area contributed by atoms with Crippen molar-refractivity contribution in [3.63, 3.8) is 0 Å². The molecule has 3 nitrogen and oxygen atoms in total. The number of hydrogen-bond acceptors (Lipinski definition) is 3. The molecule has 1 aromatic rings. The van der Waals surface area contributed by atoms with Crippen LogP contribution in [0.5, 0.6) is 0 Å². The molecule has 2 rings (SSSR count). The molecule has 0 aromatic heterocycles. The number of ketones is 1. The Kier molecular flexibility index (Phi) is 3.53. The fourth-order valence-corrected chi connectivity index (χ4v) is 2.20. The van der Waals surface area contributed by atoms with Gasteiger partial charge in [0.1, 0.15) is 11.8 Å². The normalized spacial score (nSPS) is 23.8. The van der Waals surface area contributed by atoms with E-state index in [0.717, 1.165) is 7.11 Å². The first-order valence-corrected chi connectivity index (χ1v) is 6.01. The average Bonchev–Trinajstić information content (AvgIpc) is 2.93. The molecule has 0 N–H and O–H groups in total. The number of Topliss-reactive ketones (excluding diaryl/α,β-unsaturated/α-hetero) is 1. The van der Waals surface area contributed by atoms with Crippen molar-refractivity contribution in [2.45, 2.75) is 5.92 Å². The standard InChI is InChI=1S/C12H8Cl2F2O3/c1-19-11(18)9-8(12(9,15)16)10(17)5-2-3-6(13)7(14)4-5/h2-4,8-9H,1H3. The number of carbonyl (C=O) groups is 2. The average molecular weight is 309 g/mol. The summed E-state index contributed by atoms with van der Waals surface area (Å²) in [6.07, 6.45) is 0. The van der Waals surface area contributed by atoms with Gasteiger partial charge in [0.2, 0.25) is 0 Å². The second kappa shape index (κ2) is 4.72. The van der Waals surface area contributed by atoms with E-state index in [1.807, 2.05) is 0 Å². The molecule has 0 saturated heterocycles. The number of methoxy groups -OCH3 is 1. The molecular formula is C12H8Cl2F2O3. The third-order valence-corrected chi connectivity index (χ3v) is 3.73. The Morgan fingerprint density at radius 3 is 2.37 bits per heavy atom. The lowest BCUT2D eigenvalue weighted by Crippen LogP contribution is -2.10. The first-order valence-electron chi connectivity index (χ1n) is 5.25. The summed E-state index contributed by atoms with van der Waals surface area (Å²) in [7, 11) is 0.997. The van der Waals surface area contributed by atoms with E-state index in [1.54, 1.807) is 0 Å². The zero-order chi connectivity index (χ0) is 14.4. The van der Waals surface area contributed by atoms with Crippen LogP contribution in [0, 0.1) is 11.8 Å². The van der Waals surface area contributed by atoms with Crippen LogP contribution in [0.1, 0.15) is 10.4 Å². The van der Waals surface area contributed by atoms with Gasteiger partial charge in [0.15, 0.2) is 5.78 Å². The molecule has 102 valence electrons. The molecule has 1 aromatic carbocycles. The second-order valence-electron chi connectivity index (χ2n) is 4.15. The summed E-state index contributed by atoms with van der Waals surface area (Å²) >= 11 is 11.4. The van der Waals surface area contributed by atoms with E-state index in [9.17, 15) is 18.4 Å². The maximum absolute atomic E-state index is 13.4. The Morgan fingerprint density at radius 2 is 1.84 bits per heavy atom. The van der Waals surface area contributed by atoms with Crippen molar-refractivity contribution in [2.75, 3.05) is 7.11 Å². The fourth-order valence-electron chi connectivity index (χ4n) is 1.90. The molecular weight excluding hydrogens is 301 g/mol. The monoisotopic (exact) mass is 308 g/mol. The van der Waals surface area contributed by atoms with Crippen molar-refractivity contribution in [3.05, 3.63) is 33.8 Å². The van der Waals surface area contributed by atoms with Crippen LogP contribution in [0.3, 0.4) is 0 Å². The molecule has 0 spiro atoms. The summed E-state index contributed by atoms with van der Waals surface area (Å²) < 4.78 is 31.1. The molecule has 1 saturated carbocycles. The Hall–Kier alpha value is -1.20. The summed E-state index contributed by atoms with van der Waals surface area (Å²) in [6, 6.07) is 3.83. The van der Waals surface area contributed by atoms with Gasteiger partial charge in [-0.3, -0.25) is 9.59 Å². The summed E-state index contributed by atoms with van der Waals surface area (Å²) in [4.78, 5) is 23.1. The molecule has 19 heavy (non-hydrogen) atoms. The third kappa shape index (κ3) is 2.32. The van der Waals surface area contributed by atoms with E-state index in [4.69, 9.17) is 23.2 Å². The van der Waals surface area contributed by atoms with E-state index in [0.29, 0.717) is 0 Å². The Balaban J connectivity index is 2.26. The molecule has 2 unspecified atom stereocenters. The van der Waals surface area contributed by atoms with Crippen molar-refractivity contribution in [1.29, 1.82) is 0 Å². The molecule has 0 aliphatic heterocycles. The van der Waals surface area contributed by atoms with Gasteiger partial charge in [-0.05, 0) is 18.2 Å². The van der Waals surface area contributed by atoms with E-state index < -0.39 is 29.5 Å². The summed E-state index contributed by atoms with van der Waals surface area (Å²) in [5.74, 6) is -8.74. The number of rotatable bonds is 3. The molecule has 0 bridgehead atoms. The largest absolute Gasteiger partial charge is 0.469 e. The van der Waals surface area contributed by atoms with E-state index in [1.165, 1.54) is 18.2 Å². The van der Waals surface area contributed by atoms with Crippen LogP contribution in [0.15, 0.2) is 18.2 Å². The minimum Gasteiger partial charge on any atom is -0.469 e. The first kappa shape index (κ1) is 14.2. The topological polar surface area (TPSA) is 43.4 Å². The van der Waals surface area contributed by atoms with Crippen molar-refractivity contribution >= 4 is 35.0 Å². The predicted molar refractivity (Wildman–Crippen MR) is 64.7 cm³/mol. The van der Waals surface area contributed by atoms with Gasteiger partial charge in [-0.25, -0.2) is 8.78 Å². The van der Waals surface area contributed by atoms with E-state index >= 15 is 0 Å². The van der Waals surface area contributed by atoms with Crippen LogP contribution in [0.4, 0.5) is 8.78 Å². The van der Waals surface area contributed by atoms with Gasteiger partial charge in [-0.1, -0.05) is 23.2 Å². The molecule has 2 atom stereocenters. The number of alkyl halides is 2. The van der Waals surface area contributed by atoms with E-state index in [-0.39, 0.29) is 15.6 Å². The number of ether oxygens (including phenoxy) is 1. The van der Waals surface area contributed by atoms with Crippen LogP contribution in [-0.2, 0) is 9.53 Å². The van der Waals surface area contributed by atoms with Crippen LogP contribution in [-0.4, -0.2) is 24.8 Å². The van der Waals surface area contributed by atoms with Gasteiger partial charge in [-0.15, -0.1) is 0 Å². The fraction of sp³-hybridized carbons (Fsp3) is 0.333. The zero-order valence-electron chi connectivity index (χ0n) is 9.62. The predicted octanol–water partition coefficient (Wildman–Crippen LogP) is 3.23. The van der Waals surface area contributed by atoms with Gasteiger partial charge in [0.05, 0.1) is 17.2 Å². The SMILES string of the molecule is COC(=O)C1C(C(=O)c2ccc(Cl)c(Cl)c2)C1(F)F. The Bertz CT molecular complexity index is 560.